The lowest BCUT2D eigenvalue weighted by Gasteiger charge is -2.17. The molecule has 88 valence electrons. The molecule has 4 heteroatoms. The zero-order valence-electron chi connectivity index (χ0n) is 9.74. The average Bonchev–Trinajstić information content (AvgIpc) is 2.29. The Bertz CT molecular complexity index is 355. The summed E-state index contributed by atoms with van der Waals surface area (Å²) in [7, 11) is 1.79. The molecule has 0 saturated heterocycles. The lowest BCUT2D eigenvalue weighted by Crippen LogP contribution is -2.28. The number of rotatable bonds is 5. The van der Waals surface area contributed by atoms with Crippen LogP contribution < -0.4 is 0 Å². The molecule has 0 aromatic carbocycles. The van der Waals surface area contributed by atoms with Crippen LogP contribution in [0.1, 0.15) is 36.5 Å². The van der Waals surface area contributed by atoms with Crippen molar-refractivity contribution in [3.63, 3.8) is 0 Å². The van der Waals surface area contributed by atoms with Crippen LogP contribution in [-0.4, -0.2) is 29.4 Å². The predicted molar refractivity (Wildman–Crippen MR) is 65.7 cm³/mol. The molecule has 0 saturated carbocycles. The third-order valence-electron chi connectivity index (χ3n) is 2.44. The molecule has 1 heterocycles. The van der Waals surface area contributed by atoms with Gasteiger partial charge in [0.15, 0.2) is 0 Å². The molecule has 3 nitrogen and oxygen atoms in total. The van der Waals surface area contributed by atoms with Crippen LogP contribution in [0.2, 0.25) is 5.02 Å². The largest absolute Gasteiger partial charge is 0.342 e. The fraction of sp³-hybridized carbons (Fsp3) is 0.500. The van der Waals surface area contributed by atoms with Crippen LogP contribution in [0.5, 0.6) is 0 Å². The standard InChI is InChI=1S/C12H17ClN2O/c1-3-4-5-8-15(2)12(16)10-9-14-7-6-11(10)13/h6-7,9H,3-5,8H2,1-2H3. The first kappa shape index (κ1) is 13.0. The van der Waals surface area contributed by atoms with E-state index in [4.69, 9.17) is 11.6 Å². The van der Waals surface area contributed by atoms with Gasteiger partial charge in [0.05, 0.1) is 10.6 Å². The summed E-state index contributed by atoms with van der Waals surface area (Å²) in [4.78, 5) is 17.6. The van der Waals surface area contributed by atoms with Crippen molar-refractivity contribution < 1.29 is 4.79 Å². The van der Waals surface area contributed by atoms with Gasteiger partial charge in [-0.25, -0.2) is 0 Å². The van der Waals surface area contributed by atoms with E-state index in [-0.39, 0.29) is 5.91 Å². The first-order valence-corrected chi connectivity index (χ1v) is 5.89. The van der Waals surface area contributed by atoms with E-state index in [1.165, 1.54) is 6.20 Å². The summed E-state index contributed by atoms with van der Waals surface area (Å²) in [6.45, 7) is 2.90. The summed E-state index contributed by atoms with van der Waals surface area (Å²) in [5.41, 5.74) is 0.475. The number of unbranched alkanes of at least 4 members (excludes halogenated alkanes) is 2. The summed E-state index contributed by atoms with van der Waals surface area (Å²) >= 11 is 5.94. The number of hydrogen-bond donors (Lipinski definition) is 0. The van der Waals surface area contributed by atoms with Crippen molar-refractivity contribution in [3.05, 3.63) is 29.0 Å². The van der Waals surface area contributed by atoms with Gasteiger partial charge in [0.25, 0.3) is 5.91 Å². The number of carbonyl (C=O) groups is 1. The van der Waals surface area contributed by atoms with Crippen molar-refractivity contribution in [3.8, 4) is 0 Å². The highest BCUT2D eigenvalue weighted by Crippen LogP contribution is 2.15. The minimum Gasteiger partial charge on any atom is -0.342 e. The minimum absolute atomic E-state index is 0.0609. The van der Waals surface area contributed by atoms with Crippen molar-refractivity contribution in [2.24, 2.45) is 0 Å². The van der Waals surface area contributed by atoms with Gasteiger partial charge < -0.3 is 4.90 Å². The van der Waals surface area contributed by atoms with Gasteiger partial charge in [-0.2, -0.15) is 0 Å². The molecule has 1 rings (SSSR count). The van der Waals surface area contributed by atoms with E-state index in [0.717, 1.165) is 25.8 Å². The smallest absolute Gasteiger partial charge is 0.256 e. The Balaban J connectivity index is 2.60. The Hall–Kier alpha value is -1.09. The number of aromatic nitrogens is 1. The van der Waals surface area contributed by atoms with Crippen molar-refractivity contribution in [1.82, 2.24) is 9.88 Å². The average molecular weight is 241 g/mol. The lowest BCUT2D eigenvalue weighted by molar-refractivity contribution is 0.0792. The highest BCUT2D eigenvalue weighted by atomic mass is 35.5. The van der Waals surface area contributed by atoms with Crippen LogP contribution in [-0.2, 0) is 0 Å². The Morgan fingerprint density at radius 1 is 1.50 bits per heavy atom. The molecule has 0 unspecified atom stereocenters. The third-order valence-corrected chi connectivity index (χ3v) is 2.77. The highest BCUT2D eigenvalue weighted by molar-refractivity contribution is 6.33. The Morgan fingerprint density at radius 3 is 2.88 bits per heavy atom. The van der Waals surface area contributed by atoms with Crippen molar-refractivity contribution >= 4 is 17.5 Å². The van der Waals surface area contributed by atoms with E-state index in [2.05, 4.69) is 11.9 Å². The van der Waals surface area contributed by atoms with E-state index < -0.39 is 0 Å². The fourth-order valence-electron chi connectivity index (χ4n) is 1.44. The number of pyridine rings is 1. The van der Waals surface area contributed by atoms with Gasteiger partial charge in [-0.05, 0) is 12.5 Å². The number of carbonyl (C=O) groups excluding carboxylic acids is 1. The second kappa shape index (κ2) is 6.48. The molecule has 1 aromatic heterocycles. The van der Waals surface area contributed by atoms with E-state index in [9.17, 15) is 4.79 Å². The molecule has 0 radical (unpaired) electrons. The molecule has 16 heavy (non-hydrogen) atoms. The second-order valence-electron chi connectivity index (χ2n) is 3.79. The molecule has 0 fully saturated rings. The SMILES string of the molecule is CCCCCN(C)C(=O)c1cnccc1Cl. The lowest BCUT2D eigenvalue weighted by atomic mass is 10.2. The van der Waals surface area contributed by atoms with Gasteiger partial charge in [0, 0.05) is 26.0 Å². The second-order valence-corrected chi connectivity index (χ2v) is 4.20. The van der Waals surface area contributed by atoms with Gasteiger partial charge in [-0.3, -0.25) is 9.78 Å². The molecular formula is C12H17ClN2O. The molecule has 0 aliphatic rings. The molecule has 0 aliphatic heterocycles. The summed E-state index contributed by atoms with van der Waals surface area (Å²) < 4.78 is 0. The fourth-order valence-corrected chi connectivity index (χ4v) is 1.63. The predicted octanol–water partition coefficient (Wildman–Crippen LogP) is 3.00. The van der Waals surface area contributed by atoms with Crippen molar-refractivity contribution in [1.29, 1.82) is 0 Å². The normalized spacial score (nSPS) is 10.2. The first-order chi connectivity index (χ1) is 7.66. The molecule has 1 amide bonds. The maximum Gasteiger partial charge on any atom is 0.256 e. The maximum absolute atomic E-state index is 12.0. The molecule has 0 atom stereocenters. The van der Waals surface area contributed by atoms with Crippen molar-refractivity contribution in [2.45, 2.75) is 26.2 Å². The number of hydrogen-bond acceptors (Lipinski definition) is 2. The van der Waals surface area contributed by atoms with Gasteiger partial charge in [0.1, 0.15) is 0 Å². The molecule has 0 N–H and O–H groups in total. The Labute approximate surface area is 101 Å². The third kappa shape index (κ3) is 3.49. The van der Waals surface area contributed by atoms with Crippen LogP contribution in [0.3, 0.4) is 0 Å². The van der Waals surface area contributed by atoms with Crippen LogP contribution in [0.15, 0.2) is 18.5 Å². The summed E-state index contributed by atoms with van der Waals surface area (Å²) in [6.07, 6.45) is 6.40. The Kier molecular flexibility index (Phi) is 5.26. The summed E-state index contributed by atoms with van der Waals surface area (Å²) in [5, 5.41) is 0.461. The van der Waals surface area contributed by atoms with Gasteiger partial charge in [0.2, 0.25) is 0 Å². The topological polar surface area (TPSA) is 33.2 Å². The zero-order chi connectivity index (χ0) is 12.0. The quantitative estimate of drug-likeness (QED) is 0.742. The maximum atomic E-state index is 12.0. The van der Waals surface area contributed by atoms with E-state index >= 15 is 0 Å². The first-order valence-electron chi connectivity index (χ1n) is 5.51. The molecule has 0 spiro atoms. The number of amides is 1. The van der Waals surface area contributed by atoms with Gasteiger partial charge >= 0.3 is 0 Å². The van der Waals surface area contributed by atoms with E-state index in [1.807, 2.05) is 0 Å². The molecule has 1 aromatic rings. The van der Waals surface area contributed by atoms with Crippen LogP contribution in [0.25, 0.3) is 0 Å². The van der Waals surface area contributed by atoms with Crippen molar-refractivity contribution in [2.75, 3.05) is 13.6 Å². The molecule has 0 aliphatic carbocycles. The zero-order valence-corrected chi connectivity index (χ0v) is 10.5. The van der Waals surface area contributed by atoms with Crippen LogP contribution in [0.4, 0.5) is 0 Å². The molecule has 0 bridgehead atoms. The van der Waals surface area contributed by atoms with Gasteiger partial charge in [-0.15, -0.1) is 0 Å². The monoisotopic (exact) mass is 240 g/mol. The minimum atomic E-state index is -0.0609. The summed E-state index contributed by atoms with van der Waals surface area (Å²) in [6, 6.07) is 1.63. The summed E-state index contributed by atoms with van der Waals surface area (Å²) in [5.74, 6) is -0.0609. The molecular weight excluding hydrogens is 224 g/mol. The van der Waals surface area contributed by atoms with Gasteiger partial charge in [-0.1, -0.05) is 31.4 Å². The number of halogens is 1. The van der Waals surface area contributed by atoms with E-state index in [1.54, 1.807) is 24.2 Å². The van der Waals surface area contributed by atoms with Crippen LogP contribution in [0, 0.1) is 0 Å². The van der Waals surface area contributed by atoms with Crippen LogP contribution >= 0.6 is 11.6 Å². The highest BCUT2D eigenvalue weighted by Gasteiger charge is 2.14. The Morgan fingerprint density at radius 2 is 2.25 bits per heavy atom. The number of nitrogens with zero attached hydrogens (tertiary/aromatic N) is 2. The van der Waals surface area contributed by atoms with E-state index in [0.29, 0.717) is 10.6 Å².